The zero-order valence-corrected chi connectivity index (χ0v) is 13.3. The molecule has 0 atom stereocenters. The zero-order chi connectivity index (χ0) is 14.0. The van der Waals surface area contributed by atoms with Crippen molar-refractivity contribution in [3.05, 3.63) is 55.8 Å². The van der Waals surface area contributed by atoms with Crippen molar-refractivity contribution in [3.63, 3.8) is 0 Å². The van der Waals surface area contributed by atoms with Gasteiger partial charge in [-0.3, -0.25) is 4.79 Å². The van der Waals surface area contributed by atoms with Gasteiger partial charge in [0.15, 0.2) is 0 Å². The Morgan fingerprint density at radius 2 is 2.05 bits per heavy atom. The van der Waals surface area contributed by atoms with Gasteiger partial charge in [0.05, 0.1) is 11.3 Å². The topological polar surface area (TPSA) is 55.1 Å². The van der Waals surface area contributed by atoms with Crippen molar-refractivity contribution in [2.24, 2.45) is 0 Å². The van der Waals surface area contributed by atoms with Gasteiger partial charge in [0.1, 0.15) is 11.5 Å². The first-order valence-electron chi connectivity index (χ1n) is 5.29. The quantitative estimate of drug-likeness (QED) is 0.553. The molecule has 0 spiro atoms. The average Bonchev–Trinajstić information content (AvgIpc) is 2.37. The van der Waals surface area contributed by atoms with Crippen LogP contribution in [0.15, 0.2) is 40.9 Å². The molecule has 0 saturated carbocycles. The maximum absolute atomic E-state index is 13.6. The number of halogens is 3. The van der Waals surface area contributed by atoms with Crippen LogP contribution < -0.4 is 11.1 Å². The number of carbonyl (C=O) groups excluding carboxylic acids is 1. The largest absolute Gasteiger partial charge is 0.397 e. The molecular formula is C13H9BrFIN2O. The zero-order valence-electron chi connectivity index (χ0n) is 9.58. The molecule has 98 valence electrons. The van der Waals surface area contributed by atoms with Crippen LogP contribution in [0.1, 0.15) is 10.4 Å². The van der Waals surface area contributed by atoms with Crippen LogP contribution in [0.2, 0.25) is 0 Å². The van der Waals surface area contributed by atoms with Crippen molar-refractivity contribution >= 4 is 55.8 Å². The molecule has 0 aliphatic heterocycles. The predicted octanol–water partition coefficient (Wildman–Crippen LogP) is 4.03. The van der Waals surface area contributed by atoms with Gasteiger partial charge in [-0.2, -0.15) is 0 Å². The first kappa shape index (κ1) is 14.3. The van der Waals surface area contributed by atoms with E-state index in [4.69, 9.17) is 5.73 Å². The number of nitrogens with two attached hydrogens (primary N) is 1. The van der Waals surface area contributed by atoms with Gasteiger partial charge in [-0.15, -0.1) is 0 Å². The van der Waals surface area contributed by atoms with E-state index in [1.54, 1.807) is 12.1 Å². The molecule has 0 heterocycles. The van der Waals surface area contributed by atoms with Crippen molar-refractivity contribution in [1.82, 2.24) is 0 Å². The molecule has 2 aromatic carbocycles. The van der Waals surface area contributed by atoms with Crippen molar-refractivity contribution in [2.75, 3.05) is 11.1 Å². The number of hydrogen-bond donors (Lipinski definition) is 2. The molecule has 0 radical (unpaired) electrons. The van der Waals surface area contributed by atoms with Gasteiger partial charge >= 0.3 is 0 Å². The number of anilines is 2. The molecule has 19 heavy (non-hydrogen) atoms. The van der Waals surface area contributed by atoms with Crippen LogP contribution in [0.5, 0.6) is 0 Å². The summed E-state index contributed by atoms with van der Waals surface area (Å²) in [7, 11) is 0. The summed E-state index contributed by atoms with van der Waals surface area (Å²) in [6, 6.07) is 9.59. The van der Waals surface area contributed by atoms with Gasteiger partial charge in [0.25, 0.3) is 5.91 Å². The lowest BCUT2D eigenvalue weighted by Gasteiger charge is -2.10. The summed E-state index contributed by atoms with van der Waals surface area (Å²) in [6.45, 7) is 0. The van der Waals surface area contributed by atoms with Gasteiger partial charge in [0.2, 0.25) is 0 Å². The Kier molecular flexibility index (Phi) is 4.41. The maximum Gasteiger partial charge on any atom is 0.256 e. The average molecular weight is 435 g/mol. The summed E-state index contributed by atoms with van der Waals surface area (Å²) in [6.07, 6.45) is 0. The van der Waals surface area contributed by atoms with Gasteiger partial charge in [0, 0.05) is 8.04 Å². The molecule has 0 bridgehead atoms. The minimum atomic E-state index is -0.560. The van der Waals surface area contributed by atoms with Crippen molar-refractivity contribution in [3.8, 4) is 0 Å². The van der Waals surface area contributed by atoms with Crippen LogP contribution in [-0.4, -0.2) is 5.91 Å². The molecule has 2 aromatic rings. The minimum Gasteiger partial charge on any atom is -0.397 e. The SMILES string of the molecule is Nc1cccc(F)c1NC(=O)c1cc(I)ccc1Br. The van der Waals surface area contributed by atoms with Crippen LogP contribution in [0, 0.1) is 9.39 Å². The third-order valence-corrected chi connectivity index (χ3v) is 3.82. The number of para-hydroxylation sites is 1. The lowest BCUT2D eigenvalue weighted by molar-refractivity contribution is 0.102. The van der Waals surface area contributed by atoms with Crippen molar-refractivity contribution in [2.45, 2.75) is 0 Å². The highest BCUT2D eigenvalue weighted by Gasteiger charge is 2.14. The fraction of sp³-hybridized carbons (Fsp3) is 0. The molecule has 2 rings (SSSR count). The number of carbonyl (C=O) groups is 1. The summed E-state index contributed by atoms with van der Waals surface area (Å²) >= 11 is 5.39. The highest BCUT2D eigenvalue weighted by molar-refractivity contribution is 14.1. The Bertz CT molecular complexity index is 628. The number of rotatable bonds is 2. The first-order chi connectivity index (χ1) is 8.99. The minimum absolute atomic E-state index is 0.00161. The van der Waals surface area contributed by atoms with E-state index < -0.39 is 11.7 Å². The lowest BCUT2D eigenvalue weighted by Crippen LogP contribution is -2.15. The predicted molar refractivity (Wildman–Crippen MR) is 85.6 cm³/mol. The molecule has 0 aromatic heterocycles. The second-order valence-electron chi connectivity index (χ2n) is 3.78. The molecule has 6 heteroatoms. The number of amides is 1. The van der Waals surface area contributed by atoms with Gasteiger partial charge in [-0.05, 0) is 68.9 Å². The molecule has 0 fully saturated rings. The normalized spacial score (nSPS) is 10.3. The van der Waals surface area contributed by atoms with E-state index in [0.717, 1.165) is 3.57 Å². The molecule has 3 N–H and O–H groups in total. The highest BCUT2D eigenvalue weighted by atomic mass is 127. The molecule has 0 unspecified atom stereocenters. The van der Waals surface area contributed by atoms with E-state index >= 15 is 0 Å². The van der Waals surface area contributed by atoms with Crippen LogP contribution >= 0.6 is 38.5 Å². The lowest BCUT2D eigenvalue weighted by atomic mass is 10.2. The summed E-state index contributed by atoms with van der Waals surface area (Å²) in [5.41, 5.74) is 6.26. The van der Waals surface area contributed by atoms with Crippen LogP contribution in [-0.2, 0) is 0 Å². The van der Waals surface area contributed by atoms with Gasteiger partial charge < -0.3 is 11.1 Å². The first-order valence-corrected chi connectivity index (χ1v) is 7.16. The van der Waals surface area contributed by atoms with E-state index in [2.05, 4.69) is 43.8 Å². The van der Waals surface area contributed by atoms with Crippen molar-refractivity contribution < 1.29 is 9.18 Å². The van der Waals surface area contributed by atoms with E-state index in [-0.39, 0.29) is 11.4 Å². The Hall–Kier alpha value is -1.15. The fourth-order valence-electron chi connectivity index (χ4n) is 1.53. The Balaban J connectivity index is 2.34. The third kappa shape index (κ3) is 3.24. The van der Waals surface area contributed by atoms with Gasteiger partial charge in [-0.25, -0.2) is 4.39 Å². The Morgan fingerprint density at radius 3 is 2.74 bits per heavy atom. The standard InChI is InChI=1S/C13H9BrFIN2O/c14-9-5-4-7(16)6-8(9)13(19)18-12-10(15)2-1-3-11(12)17/h1-6H,17H2,(H,18,19). The third-order valence-electron chi connectivity index (χ3n) is 2.46. The van der Waals surface area contributed by atoms with Crippen LogP contribution in [0.4, 0.5) is 15.8 Å². The molecule has 3 nitrogen and oxygen atoms in total. The van der Waals surface area contributed by atoms with Crippen LogP contribution in [0.3, 0.4) is 0 Å². The summed E-state index contributed by atoms with van der Waals surface area (Å²) in [5.74, 6) is -0.975. The summed E-state index contributed by atoms with van der Waals surface area (Å²) in [5, 5.41) is 2.49. The number of nitrogen functional groups attached to an aromatic ring is 1. The van der Waals surface area contributed by atoms with E-state index in [9.17, 15) is 9.18 Å². The Morgan fingerprint density at radius 1 is 1.32 bits per heavy atom. The molecule has 0 aliphatic rings. The number of nitrogens with one attached hydrogen (secondary N) is 1. The molecule has 1 amide bonds. The van der Waals surface area contributed by atoms with E-state index in [0.29, 0.717) is 10.0 Å². The number of hydrogen-bond acceptors (Lipinski definition) is 2. The smallest absolute Gasteiger partial charge is 0.256 e. The molecule has 0 aliphatic carbocycles. The Labute approximate surface area is 131 Å². The number of benzene rings is 2. The molecule has 0 saturated heterocycles. The van der Waals surface area contributed by atoms with Crippen molar-refractivity contribution in [1.29, 1.82) is 0 Å². The van der Waals surface area contributed by atoms with E-state index in [1.165, 1.54) is 18.2 Å². The van der Waals surface area contributed by atoms with E-state index in [1.807, 2.05) is 6.07 Å². The monoisotopic (exact) mass is 434 g/mol. The van der Waals surface area contributed by atoms with Gasteiger partial charge in [-0.1, -0.05) is 6.07 Å². The maximum atomic E-state index is 13.6. The summed E-state index contributed by atoms with van der Waals surface area (Å²) in [4.78, 5) is 12.1. The second-order valence-corrected chi connectivity index (χ2v) is 5.88. The fourth-order valence-corrected chi connectivity index (χ4v) is 2.44. The highest BCUT2D eigenvalue weighted by Crippen LogP contribution is 2.25. The van der Waals surface area contributed by atoms with Crippen LogP contribution in [0.25, 0.3) is 0 Å². The second kappa shape index (κ2) is 5.87. The summed E-state index contributed by atoms with van der Waals surface area (Å²) < 4.78 is 15.1. The molecular weight excluding hydrogens is 426 g/mol.